The van der Waals surface area contributed by atoms with Gasteiger partial charge in [0.25, 0.3) is 0 Å². The van der Waals surface area contributed by atoms with Crippen molar-refractivity contribution in [2.24, 2.45) is 23.7 Å². The summed E-state index contributed by atoms with van der Waals surface area (Å²) in [7, 11) is 8.67. The topological polar surface area (TPSA) is 121 Å². The van der Waals surface area contributed by atoms with E-state index >= 15 is 0 Å². The number of hydrogen-bond acceptors (Lipinski definition) is 7. The molecule has 0 radical (unpaired) electrons. The van der Waals surface area contributed by atoms with Gasteiger partial charge in [0, 0.05) is 33.9 Å². The van der Waals surface area contributed by atoms with Crippen LogP contribution in [0.2, 0.25) is 0 Å². The van der Waals surface area contributed by atoms with Crippen LogP contribution >= 0.6 is 0 Å². The molecule has 1 aliphatic heterocycles. The van der Waals surface area contributed by atoms with Crippen LogP contribution in [0.4, 0.5) is 0 Å². The number of likely N-dealkylation sites (N-methyl/N-ethyl adjacent to an activating group) is 2. The number of amides is 4. The minimum atomic E-state index is -0.739. The van der Waals surface area contributed by atoms with E-state index in [1.807, 2.05) is 95.8 Å². The van der Waals surface area contributed by atoms with Gasteiger partial charge in [0.1, 0.15) is 6.04 Å². The molecule has 0 aliphatic carbocycles. The van der Waals surface area contributed by atoms with Gasteiger partial charge in [0.05, 0.1) is 42.7 Å². The molecule has 51 heavy (non-hydrogen) atoms. The summed E-state index contributed by atoms with van der Waals surface area (Å²) >= 11 is 0. The molecule has 2 rings (SSSR count). The molecule has 11 heteroatoms. The van der Waals surface area contributed by atoms with Crippen LogP contribution in [0.15, 0.2) is 30.3 Å². The Labute approximate surface area is 308 Å². The minimum Gasteiger partial charge on any atom is -0.379 e. The molecule has 1 aliphatic rings. The van der Waals surface area contributed by atoms with Crippen molar-refractivity contribution < 1.29 is 28.7 Å². The molecule has 0 aromatic heterocycles. The molecule has 0 spiro atoms. The maximum Gasteiger partial charge on any atom is 0.245 e. The average Bonchev–Trinajstić information content (AvgIpc) is 3.56. The lowest BCUT2D eigenvalue weighted by molar-refractivity contribution is -0.148. The van der Waals surface area contributed by atoms with Crippen LogP contribution in [0.5, 0.6) is 0 Å². The highest BCUT2D eigenvalue weighted by Crippen LogP contribution is 2.30. The second kappa shape index (κ2) is 20.9. The molecular weight excluding hydrogens is 646 g/mol. The smallest absolute Gasteiger partial charge is 0.245 e. The van der Waals surface area contributed by atoms with Gasteiger partial charge in [-0.1, -0.05) is 85.2 Å². The van der Waals surface area contributed by atoms with Crippen LogP contribution in [-0.2, 0) is 35.1 Å². The summed E-state index contributed by atoms with van der Waals surface area (Å²) in [5.41, 5.74) is 1.15. The third-order valence-electron chi connectivity index (χ3n) is 10.7. The first-order valence-electron chi connectivity index (χ1n) is 18.9. The predicted molar refractivity (Wildman–Crippen MR) is 203 cm³/mol. The normalized spacial score (nSPS) is 19.6. The highest BCUT2D eigenvalue weighted by atomic mass is 16.5. The summed E-state index contributed by atoms with van der Waals surface area (Å²) in [5.74, 6) is -1.16. The van der Waals surface area contributed by atoms with Crippen molar-refractivity contribution in [3.63, 3.8) is 0 Å². The van der Waals surface area contributed by atoms with Crippen molar-refractivity contribution in [3.05, 3.63) is 35.9 Å². The third-order valence-corrected chi connectivity index (χ3v) is 10.7. The van der Waals surface area contributed by atoms with E-state index in [9.17, 15) is 19.2 Å². The van der Waals surface area contributed by atoms with Crippen LogP contribution in [0, 0.1) is 23.7 Å². The minimum absolute atomic E-state index is 0.00749. The number of carbonyl (C=O) groups is 4. The highest BCUT2D eigenvalue weighted by molar-refractivity contribution is 5.90. The van der Waals surface area contributed by atoms with Crippen molar-refractivity contribution in [2.45, 2.75) is 130 Å². The van der Waals surface area contributed by atoms with Gasteiger partial charge in [0.2, 0.25) is 23.6 Å². The van der Waals surface area contributed by atoms with Gasteiger partial charge in [-0.15, -0.1) is 0 Å². The fraction of sp³-hybridized carbons (Fsp3) is 0.750. The van der Waals surface area contributed by atoms with Crippen LogP contribution in [0.1, 0.15) is 86.6 Å². The van der Waals surface area contributed by atoms with Crippen molar-refractivity contribution in [1.29, 1.82) is 0 Å². The van der Waals surface area contributed by atoms with Crippen LogP contribution in [0.25, 0.3) is 0 Å². The van der Waals surface area contributed by atoms with Crippen molar-refractivity contribution in [3.8, 4) is 0 Å². The van der Waals surface area contributed by atoms with E-state index in [2.05, 4.69) is 24.5 Å². The molecule has 0 unspecified atom stereocenters. The zero-order chi connectivity index (χ0) is 38.6. The second-order valence-corrected chi connectivity index (χ2v) is 15.6. The van der Waals surface area contributed by atoms with E-state index in [-0.39, 0.29) is 65.9 Å². The van der Waals surface area contributed by atoms with E-state index < -0.39 is 30.2 Å². The largest absolute Gasteiger partial charge is 0.379 e. The standard InChI is InChI=1S/C40H69N5O6/c1-14-27(6)36(44(11)40(49)34(25(2)3)42-39(48)35(26(4)5)43(9)10)32(50-12)24-33(46)45-22-18-21-31(45)37(51-13)29(8)38(47)41-28(7)23-30-19-16-15-17-20-30/h15-17,19-20,25-29,31-32,34-37H,14,18,21-24H2,1-13H3,(H,41,47)(H,42,48)/t27-,28+,29+,31-,32+,34-,35-,36-,37+/m0/s1. The van der Waals surface area contributed by atoms with Gasteiger partial charge in [-0.25, -0.2) is 0 Å². The predicted octanol–water partition coefficient (Wildman–Crippen LogP) is 4.38. The fourth-order valence-electron chi connectivity index (χ4n) is 7.80. The molecule has 9 atom stereocenters. The Morgan fingerprint density at radius 2 is 1.51 bits per heavy atom. The monoisotopic (exact) mass is 716 g/mol. The lowest BCUT2D eigenvalue weighted by Crippen LogP contribution is -2.59. The summed E-state index contributed by atoms with van der Waals surface area (Å²) < 4.78 is 12.0. The van der Waals surface area contributed by atoms with Gasteiger partial charge >= 0.3 is 0 Å². The number of benzene rings is 1. The number of likely N-dealkylation sites (tertiary alicyclic amines) is 1. The summed E-state index contributed by atoms with van der Waals surface area (Å²) in [5, 5.41) is 6.19. The summed E-state index contributed by atoms with van der Waals surface area (Å²) in [6.45, 7) is 16.4. The van der Waals surface area contributed by atoms with E-state index in [1.165, 1.54) is 0 Å². The number of carbonyl (C=O) groups excluding carboxylic acids is 4. The first-order chi connectivity index (χ1) is 24.0. The summed E-state index contributed by atoms with van der Waals surface area (Å²) in [6.07, 6.45) is 2.01. The Morgan fingerprint density at radius 3 is 2.02 bits per heavy atom. The highest BCUT2D eigenvalue weighted by Gasteiger charge is 2.43. The average molecular weight is 716 g/mol. The van der Waals surface area contributed by atoms with Gasteiger partial charge in [-0.3, -0.25) is 24.1 Å². The lowest BCUT2D eigenvalue weighted by Gasteiger charge is -2.41. The molecule has 0 saturated carbocycles. The first-order valence-corrected chi connectivity index (χ1v) is 18.9. The van der Waals surface area contributed by atoms with Gasteiger partial charge in [0.15, 0.2) is 0 Å². The zero-order valence-corrected chi connectivity index (χ0v) is 33.8. The Bertz CT molecular complexity index is 1230. The van der Waals surface area contributed by atoms with Crippen molar-refractivity contribution >= 4 is 23.6 Å². The molecule has 2 N–H and O–H groups in total. The van der Waals surface area contributed by atoms with E-state index in [1.54, 1.807) is 26.2 Å². The number of ether oxygens (including phenoxy) is 2. The van der Waals surface area contributed by atoms with Gasteiger partial charge in [-0.05, 0) is 63.6 Å². The Hall–Kier alpha value is -3.02. The first kappa shape index (κ1) is 44.1. The molecule has 4 amide bonds. The summed E-state index contributed by atoms with van der Waals surface area (Å²) in [4.78, 5) is 60.6. The van der Waals surface area contributed by atoms with E-state index in [0.717, 1.165) is 31.2 Å². The molecular formula is C40H69N5O6. The maximum atomic E-state index is 14.2. The Balaban J connectivity index is 2.23. The van der Waals surface area contributed by atoms with E-state index in [4.69, 9.17) is 9.47 Å². The van der Waals surface area contributed by atoms with Gasteiger partial charge in [-0.2, -0.15) is 0 Å². The van der Waals surface area contributed by atoms with Crippen molar-refractivity contribution in [1.82, 2.24) is 25.3 Å². The number of nitrogens with zero attached hydrogens (tertiary/aromatic N) is 3. The number of nitrogens with one attached hydrogen (secondary N) is 2. The number of methoxy groups -OCH3 is 2. The summed E-state index contributed by atoms with van der Waals surface area (Å²) in [6, 6.07) is 8.19. The molecule has 0 bridgehead atoms. The van der Waals surface area contributed by atoms with Crippen molar-refractivity contribution in [2.75, 3.05) is 41.9 Å². The Kier molecular flexibility index (Phi) is 18.1. The SMILES string of the molecule is CC[C@H](C)[C@@H]([C@@H](CC(=O)N1CCC[C@H]1[C@H](OC)[C@@H](C)C(=O)N[C@H](C)Cc1ccccc1)OC)N(C)C(=O)[C@@H](NC(=O)[C@H](C(C)C)N(C)C)C(C)C. The molecule has 1 aromatic rings. The molecule has 1 heterocycles. The number of hydrogen-bond donors (Lipinski definition) is 2. The van der Waals surface area contributed by atoms with Crippen LogP contribution < -0.4 is 10.6 Å². The Morgan fingerprint density at radius 1 is 0.882 bits per heavy atom. The molecule has 1 fully saturated rings. The molecule has 290 valence electrons. The van der Waals surface area contributed by atoms with Gasteiger partial charge < -0.3 is 29.9 Å². The zero-order valence-electron chi connectivity index (χ0n) is 33.8. The molecule has 1 aromatic carbocycles. The number of rotatable bonds is 20. The van der Waals surface area contributed by atoms with Crippen LogP contribution in [0.3, 0.4) is 0 Å². The van der Waals surface area contributed by atoms with Crippen LogP contribution in [-0.4, -0.2) is 123 Å². The quantitative estimate of drug-likeness (QED) is 0.206. The maximum absolute atomic E-state index is 14.2. The van der Waals surface area contributed by atoms with E-state index in [0.29, 0.717) is 6.54 Å². The fourth-order valence-corrected chi connectivity index (χ4v) is 7.80. The molecule has 11 nitrogen and oxygen atoms in total. The third kappa shape index (κ3) is 12.0. The second-order valence-electron chi connectivity index (χ2n) is 15.6. The lowest BCUT2D eigenvalue weighted by atomic mass is 9.89. The molecule has 1 saturated heterocycles.